The molecule has 0 atom stereocenters. The molecule has 2 aromatic carbocycles. The molecule has 0 radical (unpaired) electrons. The van der Waals surface area contributed by atoms with Gasteiger partial charge in [-0.1, -0.05) is 47.1 Å². The van der Waals surface area contributed by atoms with E-state index in [1.54, 1.807) is 24.9 Å². The van der Waals surface area contributed by atoms with Gasteiger partial charge < -0.3 is 10.1 Å². The summed E-state index contributed by atoms with van der Waals surface area (Å²) in [7, 11) is 1.58. The summed E-state index contributed by atoms with van der Waals surface area (Å²) in [4.78, 5) is 16.9. The fraction of sp³-hybridized carbons (Fsp3) is 0.200. The van der Waals surface area contributed by atoms with Crippen LogP contribution in [0.15, 0.2) is 46.1 Å². The van der Waals surface area contributed by atoms with Crippen LogP contribution in [0, 0.1) is 6.92 Å². The van der Waals surface area contributed by atoms with Crippen LogP contribution in [-0.4, -0.2) is 18.0 Å². The van der Waals surface area contributed by atoms with Crippen molar-refractivity contribution in [2.45, 2.75) is 23.4 Å². The van der Waals surface area contributed by atoms with E-state index in [0.29, 0.717) is 27.2 Å². The predicted molar refractivity (Wildman–Crippen MR) is 118 cm³/mol. The van der Waals surface area contributed by atoms with Gasteiger partial charge in [0.25, 0.3) is 0 Å². The van der Waals surface area contributed by atoms with Gasteiger partial charge in [-0.2, -0.15) is 0 Å². The Morgan fingerprint density at radius 3 is 2.82 bits per heavy atom. The minimum atomic E-state index is -0.133. The van der Waals surface area contributed by atoms with Crippen LogP contribution in [0.2, 0.25) is 10.0 Å². The van der Waals surface area contributed by atoms with Crippen LogP contribution < -0.4 is 10.1 Å². The molecule has 0 aliphatic carbocycles. The van der Waals surface area contributed by atoms with Gasteiger partial charge in [0.2, 0.25) is 5.91 Å². The van der Waals surface area contributed by atoms with E-state index in [9.17, 15) is 4.79 Å². The molecule has 8 heteroatoms. The molecule has 3 aromatic rings. The molecule has 4 nitrogen and oxygen atoms in total. The number of ether oxygens (including phenoxy) is 1. The lowest BCUT2D eigenvalue weighted by molar-refractivity contribution is -0.115. The highest BCUT2D eigenvalue weighted by atomic mass is 35.5. The highest BCUT2D eigenvalue weighted by molar-refractivity contribution is 8.00. The highest BCUT2D eigenvalue weighted by Gasteiger charge is 2.12. The number of hydrogen-bond acceptors (Lipinski definition) is 5. The summed E-state index contributed by atoms with van der Waals surface area (Å²) in [6.07, 6.45) is 0.204. The number of aromatic nitrogens is 1. The molecule has 0 saturated heterocycles. The summed E-state index contributed by atoms with van der Waals surface area (Å²) in [6.45, 7) is 1.96. The topological polar surface area (TPSA) is 51.2 Å². The second-order valence-corrected chi connectivity index (χ2v) is 8.98. The first-order chi connectivity index (χ1) is 13.4. The molecule has 0 spiro atoms. The van der Waals surface area contributed by atoms with Gasteiger partial charge in [-0.3, -0.25) is 4.79 Å². The monoisotopic (exact) mass is 452 g/mol. The quantitative estimate of drug-likeness (QED) is 0.430. The van der Waals surface area contributed by atoms with Crippen molar-refractivity contribution in [1.29, 1.82) is 0 Å². The molecule has 0 aliphatic heterocycles. The van der Waals surface area contributed by atoms with Gasteiger partial charge in [0.1, 0.15) is 10.1 Å². The number of halogens is 2. The summed E-state index contributed by atoms with van der Waals surface area (Å²) >= 11 is 15.2. The molecule has 28 heavy (non-hydrogen) atoms. The summed E-state index contributed by atoms with van der Waals surface area (Å²) in [6, 6.07) is 11.1. The Morgan fingerprint density at radius 2 is 2.07 bits per heavy atom. The van der Waals surface area contributed by atoms with E-state index >= 15 is 0 Å². The lowest BCUT2D eigenvalue weighted by atomic mass is 10.2. The Hall–Kier alpha value is -1.73. The number of carbonyl (C=O) groups is 1. The molecule has 0 unspecified atom stereocenters. The summed E-state index contributed by atoms with van der Waals surface area (Å²) in [5.74, 6) is 1.19. The molecule has 1 aromatic heterocycles. The Bertz CT molecular complexity index is 992. The van der Waals surface area contributed by atoms with Gasteiger partial charge in [0, 0.05) is 21.2 Å². The van der Waals surface area contributed by atoms with E-state index in [-0.39, 0.29) is 12.3 Å². The third-order valence-corrected chi connectivity index (χ3v) is 6.57. The van der Waals surface area contributed by atoms with E-state index in [1.807, 2.05) is 42.6 Å². The van der Waals surface area contributed by atoms with Crippen molar-refractivity contribution in [3.05, 3.63) is 68.6 Å². The van der Waals surface area contributed by atoms with Crippen LogP contribution in [0.3, 0.4) is 0 Å². The van der Waals surface area contributed by atoms with Crippen LogP contribution in [0.4, 0.5) is 5.69 Å². The molecule has 146 valence electrons. The Morgan fingerprint density at radius 1 is 1.25 bits per heavy atom. The molecular weight excluding hydrogens is 435 g/mol. The first-order valence-corrected chi connectivity index (χ1v) is 11.0. The molecule has 1 N–H and O–H groups in total. The van der Waals surface area contributed by atoms with Gasteiger partial charge in [-0.05, 0) is 42.3 Å². The van der Waals surface area contributed by atoms with Crippen molar-refractivity contribution >= 4 is 57.9 Å². The van der Waals surface area contributed by atoms with Crippen LogP contribution in [-0.2, 0) is 17.0 Å². The van der Waals surface area contributed by atoms with E-state index in [2.05, 4.69) is 10.3 Å². The molecule has 3 rings (SSSR count). The maximum atomic E-state index is 12.4. The number of methoxy groups -OCH3 is 1. The Kier molecular flexibility index (Phi) is 7.24. The standard InChI is InChI=1S/C20H18Cl2N2O2S2/c1-12-3-6-18(26-2)17(7-12)24-19(25)9-15-11-28-20(23-15)27-10-13-4-5-14(21)8-16(13)22/h3-8,11H,9-10H2,1-2H3,(H,24,25). The number of hydrogen-bond donors (Lipinski definition) is 1. The third-order valence-electron chi connectivity index (χ3n) is 3.87. The second kappa shape index (κ2) is 9.65. The lowest BCUT2D eigenvalue weighted by Crippen LogP contribution is -2.15. The maximum Gasteiger partial charge on any atom is 0.230 e. The normalized spacial score (nSPS) is 10.7. The third kappa shape index (κ3) is 5.64. The fourth-order valence-corrected chi connectivity index (χ4v) is 4.90. The molecular formula is C20H18Cl2N2O2S2. The van der Waals surface area contributed by atoms with E-state index in [1.165, 1.54) is 11.3 Å². The smallest absolute Gasteiger partial charge is 0.230 e. The first kappa shape index (κ1) is 21.0. The number of aryl methyl sites for hydroxylation is 1. The van der Waals surface area contributed by atoms with Crippen molar-refractivity contribution in [1.82, 2.24) is 4.98 Å². The number of benzene rings is 2. The Labute approximate surface area is 182 Å². The van der Waals surface area contributed by atoms with Crippen molar-refractivity contribution in [3.63, 3.8) is 0 Å². The molecule has 0 aliphatic rings. The summed E-state index contributed by atoms with van der Waals surface area (Å²) in [5, 5.41) is 6.06. The fourth-order valence-electron chi connectivity index (χ4n) is 2.49. The van der Waals surface area contributed by atoms with Gasteiger partial charge in [0.05, 0.1) is 24.9 Å². The number of nitrogens with one attached hydrogen (secondary N) is 1. The first-order valence-electron chi connectivity index (χ1n) is 8.40. The highest BCUT2D eigenvalue weighted by Crippen LogP contribution is 2.31. The van der Waals surface area contributed by atoms with Crippen LogP contribution in [0.1, 0.15) is 16.8 Å². The lowest BCUT2D eigenvalue weighted by Gasteiger charge is -2.10. The van der Waals surface area contributed by atoms with Crippen LogP contribution in [0.25, 0.3) is 0 Å². The Balaban J connectivity index is 1.58. The van der Waals surface area contributed by atoms with Crippen molar-refractivity contribution in [3.8, 4) is 5.75 Å². The number of anilines is 1. The number of carbonyl (C=O) groups excluding carboxylic acids is 1. The molecule has 0 fully saturated rings. The number of nitrogens with zero attached hydrogens (tertiary/aromatic N) is 1. The van der Waals surface area contributed by atoms with E-state index < -0.39 is 0 Å². The average molecular weight is 453 g/mol. The zero-order chi connectivity index (χ0) is 20.1. The number of rotatable bonds is 7. The number of amides is 1. The van der Waals surface area contributed by atoms with Crippen LogP contribution >= 0.6 is 46.3 Å². The van der Waals surface area contributed by atoms with Gasteiger partial charge in [-0.25, -0.2) is 4.98 Å². The number of thiazole rings is 1. The number of thioether (sulfide) groups is 1. The maximum absolute atomic E-state index is 12.4. The minimum absolute atomic E-state index is 0.133. The predicted octanol–water partition coefficient (Wildman–Crippen LogP) is 6.24. The summed E-state index contributed by atoms with van der Waals surface area (Å²) < 4.78 is 6.19. The summed E-state index contributed by atoms with van der Waals surface area (Å²) in [5.41, 5.74) is 3.44. The van der Waals surface area contributed by atoms with Crippen molar-refractivity contribution < 1.29 is 9.53 Å². The minimum Gasteiger partial charge on any atom is -0.495 e. The molecule has 0 bridgehead atoms. The SMILES string of the molecule is COc1ccc(C)cc1NC(=O)Cc1csc(SCc2ccc(Cl)cc2Cl)n1. The van der Waals surface area contributed by atoms with Gasteiger partial charge in [-0.15, -0.1) is 11.3 Å². The van der Waals surface area contributed by atoms with Crippen molar-refractivity contribution in [2.75, 3.05) is 12.4 Å². The van der Waals surface area contributed by atoms with Crippen molar-refractivity contribution in [2.24, 2.45) is 0 Å². The largest absolute Gasteiger partial charge is 0.495 e. The average Bonchev–Trinajstić information content (AvgIpc) is 3.08. The molecule has 1 amide bonds. The van der Waals surface area contributed by atoms with E-state index in [4.69, 9.17) is 27.9 Å². The zero-order valence-electron chi connectivity index (χ0n) is 15.3. The zero-order valence-corrected chi connectivity index (χ0v) is 18.4. The second-order valence-electron chi connectivity index (χ2n) is 6.06. The molecule has 1 heterocycles. The van der Waals surface area contributed by atoms with E-state index in [0.717, 1.165) is 21.2 Å². The van der Waals surface area contributed by atoms with Gasteiger partial charge >= 0.3 is 0 Å². The van der Waals surface area contributed by atoms with Crippen LogP contribution in [0.5, 0.6) is 5.75 Å². The van der Waals surface area contributed by atoms with Gasteiger partial charge in [0.15, 0.2) is 0 Å². The molecule has 0 saturated carbocycles.